The minimum absolute atomic E-state index is 0.0300. The molecule has 0 aromatic rings. The topological polar surface area (TPSA) is 99.4 Å². The summed E-state index contributed by atoms with van der Waals surface area (Å²) in [5, 5.41) is 37.0. The number of carbonyl (C=O) groups is 1. The van der Waals surface area contributed by atoms with Crippen LogP contribution in [-0.2, 0) is 9.63 Å². The molecule has 4 aliphatic carbocycles. The minimum Gasteiger partial charge on any atom is -0.399 e. The van der Waals surface area contributed by atoms with E-state index in [1.54, 1.807) is 6.92 Å². The molecule has 0 radical (unpaired) electrons. The lowest BCUT2D eigenvalue weighted by atomic mass is 9.46. The number of ketones is 1. The number of aliphatic hydroxyl groups is 3. The van der Waals surface area contributed by atoms with E-state index < -0.39 is 23.2 Å². The molecule has 6 nitrogen and oxygen atoms in total. The Morgan fingerprint density at radius 1 is 1.18 bits per heavy atom. The number of Topliss-reactive ketones (excluding diaryl/α,β-unsaturated/α-hetero) is 1. The molecule has 0 heterocycles. The zero-order valence-electron chi connectivity index (χ0n) is 17.3. The maximum absolute atomic E-state index is 12.3. The van der Waals surface area contributed by atoms with Crippen molar-refractivity contribution in [2.24, 2.45) is 33.7 Å². The van der Waals surface area contributed by atoms with Crippen LogP contribution in [-0.4, -0.2) is 51.7 Å². The molecule has 28 heavy (non-hydrogen) atoms. The van der Waals surface area contributed by atoms with E-state index in [0.29, 0.717) is 25.7 Å². The monoisotopic (exact) mass is 391 g/mol. The summed E-state index contributed by atoms with van der Waals surface area (Å²) in [5.74, 6) is 0.0858. The molecule has 8 atom stereocenters. The predicted octanol–water partition coefficient (Wildman–Crippen LogP) is 2.21. The van der Waals surface area contributed by atoms with Gasteiger partial charge < -0.3 is 20.2 Å². The van der Waals surface area contributed by atoms with Gasteiger partial charge in [-0.3, -0.25) is 4.79 Å². The highest BCUT2D eigenvalue weighted by Crippen LogP contribution is 2.67. The molecule has 3 N–H and O–H groups in total. The van der Waals surface area contributed by atoms with Gasteiger partial charge in [-0.2, -0.15) is 0 Å². The number of allylic oxidation sites excluding steroid dienone is 1. The van der Waals surface area contributed by atoms with E-state index in [0.717, 1.165) is 24.1 Å². The van der Waals surface area contributed by atoms with Crippen LogP contribution in [0.25, 0.3) is 0 Å². The Labute approximate surface area is 166 Å². The number of oxime groups is 1. The van der Waals surface area contributed by atoms with Crippen molar-refractivity contribution in [2.45, 2.75) is 77.1 Å². The summed E-state index contributed by atoms with van der Waals surface area (Å²) < 4.78 is 0. The second-order valence-electron chi connectivity index (χ2n) is 10.0. The van der Waals surface area contributed by atoms with Crippen molar-refractivity contribution in [3.05, 3.63) is 11.6 Å². The summed E-state index contributed by atoms with van der Waals surface area (Å²) in [4.78, 5) is 17.4. The zero-order chi connectivity index (χ0) is 20.5. The van der Waals surface area contributed by atoms with Crippen LogP contribution < -0.4 is 0 Å². The van der Waals surface area contributed by atoms with Gasteiger partial charge in [0.15, 0.2) is 0 Å². The Kier molecular flexibility index (Phi) is 4.57. The molecule has 0 spiro atoms. The van der Waals surface area contributed by atoms with Crippen molar-refractivity contribution in [3.8, 4) is 0 Å². The quantitative estimate of drug-likeness (QED) is 0.627. The van der Waals surface area contributed by atoms with E-state index in [-0.39, 0.29) is 29.0 Å². The third-order valence-corrected chi connectivity index (χ3v) is 8.82. The van der Waals surface area contributed by atoms with Gasteiger partial charge in [-0.1, -0.05) is 19.0 Å². The SMILES string of the molecule is CO/N=C1\C=C2C(CC[C@]3(C)[C@@H](C(C)=O)CC[C@@]23O)C2(C)C[C@H](O)[C@H](O)C[C@@H]12. The largest absolute Gasteiger partial charge is 0.399 e. The smallest absolute Gasteiger partial charge is 0.133 e. The lowest BCUT2D eigenvalue weighted by Gasteiger charge is -2.60. The molecule has 0 amide bonds. The summed E-state index contributed by atoms with van der Waals surface area (Å²) in [6.07, 6.45) is 4.25. The fraction of sp³-hybridized carbons (Fsp3) is 0.818. The molecule has 6 heteroatoms. The third-order valence-electron chi connectivity index (χ3n) is 8.82. The highest BCUT2D eigenvalue weighted by Gasteiger charge is 2.66. The van der Waals surface area contributed by atoms with E-state index in [9.17, 15) is 20.1 Å². The number of hydrogen-bond acceptors (Lipinski definition) is 6. The molecule has 0 aromatic carbocycles. The number of nitrogens with zero attached hydrogens (tertiary/aromatic N) is 1. The fourth-order valence-electron chi connectivity index (χ4n) is 7.24. The van der Waals surface area contributed by atoms with Gasteiger partial charge in [0.25, 0.3) is 0 Å². The summed E-state index contributed by atoms with van der Waals surface area (Å²) in [7, 11) is 1.50. The Bertz CT molecular complexity index is 747. The van der Waals surface area contributed by atoms with Crippen LogP contribution in [0.4, 0.5) is 0 Å². The van der Waals surface area contributed by atoms with Crippen LogP contribution in [0, 0.1) is 28.6 Å². The highest BCUT2D eigenvalue weighted by molar-refractivity contribution is 5.99. The molecule has 4 aliphatic rings. The Morgan fingerprint density at radius 2 is 1.89 bits per heavy atom. The molecule has 0 aromatic heterocycles. The summed E-state index contributed by atoms with van der Waals surface area (Å²) >= 11 is 0. The first-order valence-electron chi connectivity index (χ1n) is 10.5. The first-order chi connectivity index (χ1) is 13.1. The van der Waals surface area contributed by atoms with Gasteiger partial charge in [0, 0.05) is 17.3 Å². The van der Waals surface area contributed by atoms with E-state index in [2.05, 4.69) is 19.0 Å². The van der Waals surface area contributed by atoms with Gasteiger partial charge in [-0.15, -0.1) is 0 Å². The van der Waals surface area contributed by atoms with Crippen molar-refractivity contribution in [1.29, 1.82) is 0 Å². The lowest BCUT2D eigenvalue weighted by molar-refractivity contribution is -0.137. The second-order valence-corrected chi connectivity index (χ2v) is 10.0. The van der Waals surface area contributed by atoms with Gasteiger partial charge in [0.05, 0.1) is 23.5 Å². The van der Waals surface area contributed by atoms with Crippen LogP contribution in [0.1, 0.15) is 59.3 Å². The fourth-order valence-corrected chi connectivity index (χ4v) is 7.24. The Balaban J connectivity index is 1.85. The molecular formula is C22H33NO5. The van der Waals surface area contributed by atoms with Crippen molar-refractivity contribution in [1.82, 2.24) is 0 Å². The molecule has 2 unspecified atom stereocenters. The average molecular weight is 392 g/mol. The molecular weight excluding hydrogens is 358 g/mol. The molecule has 3 saturated carbocycles. The van der Waals surface area contributed by atoms with Gasteiger partial charge >= 0.3 is 0 Å². The Morgan fingerprint density at radius 3 is 2.54 bits per heavy atom. The minimum atomic E-state index is -1.05. The standard InChI is InChI=1S/C22H33NO5/c1-12(24)13-6-8-22(27)15-9-17(23-28-4)16-10-18(25)19(26)11-20(16,2)14(15)5-7-21(13,22)3/h9,13-14,16,18-19,25-27H,5-8,10-11H2,1-4H3/b23-17+/t13-,14?,16+,18-,19+,20?,21-,22-/m1/s1. The first kappa shape index (κ1) is 20.0. The first-order valence-corrected chi connectivity index (χ1v) is 10.5. The number of carbonyl (C=O) groups excluding carboxylic acids is 1. The van der Waals surface area contributed by atoms with E-state index in [1.165, 1.54) is 7.11 Å². The van der Waals surface area contributed by atoms with E-state index in [4.69, 9.17) is 4.84 Å². The van der Waals surface area contributed by atoms with Crippen molar-refractivity contribution >= 4 is 11.5 Å². The second kappa shape index (κ2) is 6.38. The van der Waals surface area contributed by atoms with Crippen LogP contribution in [0.5, 0.6) is 0 Å². The van der Waals surface area contributed by atoms with E-state index in [1.807, 2.05) is 6.08 Å². The third kappa shape index (κ3) is 2.44. The van der Waals surface area contributed by atoms with Gasteiger partial charge in [0.2, 0.25) is 0 Å². The highest BCUT2D eigenvalue weighted by atomic mass is 16.6. The van der Waals surface area contributed by atoms with Crippen LogP contribution in [0.3, 0.4) is 0 Å². The van der Waals surface area contributed by atoms with Gasteiger partial charge in [-0.05, 0) is 68.4 Å². The lowest BCUT2D eigenvalue weighted by Crippen LogP contribution is -2.61. The van der Waals surface area contributed by atoms with E-state index >= 15 is 0 Å². The molecule has 3 fully saturated rings. The summed E-state index contributed by atoms with van der Waals surface area (Å²) in [6, 6.07) is 0. The van der Waals surface area contributed by atoms with Crippen LogP contribution in [0.2, 0.25) is 0 Å². The number of aliphatic hydroxyl groups excluding tert-OH is 2. The van der Waals surface area contributed by atoms with Crippen molar-refractivity contribution in [2.75, 3.05) is 7.11 Å². The zero-order valence-corrected chi connectivity index (χ0v) is 17.3. The average Bonchev–Trinajstić information content (AvgIpc) is 2.89. The maximum atomic E-state index is 12.3. The molecule has 4 rings (SSSR count). The molecule has 0 saturated heterocycles. The number of hydrogen-bond donors (Lipinski definition) is 3. The molecule has 0 bridgehead atoms. The maximum Gasteiger partial charge on any atom is 0.133 e. The van der Waals surface area contributed by atoms with Crippen LogP contribution >= 0.6 is 0 Å². The van der Waals surface area contributed by atoms with Gasteiger partial charge in [-0.25, -0.2) is 0 Å². The molecule has 0 aliphatic heterocycles. The Hall–Kier alpha value is -1.24. The van der Waals surface area contributed by atoms with Crippen molar-refractivity contribution in [3.63, 3.8) is 0 Å². The van der Waals surface area contributed by atoms with Gasteiger partial charge in [0.1, 0.15) is 12.9 Å². The van der Waals surface area contributed by atoms with Crippen molar-refractivity contribution < 1.29 is 25.0 Å². The number of fused-ring (bicyclic) bond motifs is 5. The normalized spacial score (nSPS) is 51.8. The van der Waals surface area contributed by atoms with Crippen LogP contribution in [0.15, 0.2) is 16.8 Å². The summed E-state index contributed by atoms with van der Waals surface area (Å²) in [6.45, 7) is 5.85. The number of rotatable bonds is 2. The molecule has 156 valence electrons. The predicted molar refractivity (Wildman–Crippen MR) is 105 cm³/mol. The summed E-state index contributed by atoms with van der Waals surface area (Å²) in [5.41, 5.74) is -0.161.